The van der Waals surface area contributed by atoms with Crippen molar-refractivity contribution in [2.45, 2.75) is 114 Å². The Balaban J connectivity index is 1.99. The minimum absolute atomic E-state index is 0.104. The quantitative estimate of drug-likeness (QED) is 0.138. The van der Waals surface area contributed by atoms with E-state index in [0.29, 0.717) is 32.2 Å². The fraction of sp³-hybridized carbons (Fsp3) is 0.750. The summed E-state index contributed by atoms with van der Waals surface area (Å²) < 4.78 is 12.4. The van der Waals surface area contributed by atoms with E-state index in [4.69, 9.17) is 9.47 Å². The largest absolute Gasteiger partial charge is 0.460 e. The number of amides is 3. The molecular formula is C32H50BrN3O7. The van der Waals surface area contributed by atoms with Gasteiger partial charge in [-0.1, -0.05) is 61.7 Å². The highest BCUT2D eigenvalue weighted by Crippen LogP contribution is 2.61. The molecule has 43 heavy (non-hydrogen) atoms. The molecule has 242 valence electrons. The summed E-state index contributed by atoms with van der Waals surface area (Å²) in [6.45, 7) is 17.2. The number of nitrogens with zero attached hydrogens (tertiary/aromatic N) is 2. The summed E-state index contributed by atoms with van der Waals surface area (Å²) in [5, 5.41) is 13.3. The molecule has 0 saturated carbocycles. The van der Waals surface area contributed by atoms with Gasteiger partial charge in [-0.15, -0.1) is 13.2 Å². The van der Waals surface area contributed by atoms with Crippen LogP contribution in [-0.4, -0.2) is 99.1 Å². The minimum atomic E-state index is -1.26. The van der Waals surface area contributed by atoms with E-state index in [-0.39, 0.29) is 47.7 Å². The van der Waals surface area contributed by atoms with Gasteiger partial charge < -0.3 is 29.7 Å². The molecule has 0 aliphatic carbocycles. The van der Waals surface area contributed by atoms with Crippen molar-refractivity contribution < 1.29 is 33.8 Å². The number of likely N-dealkylation sites (tertiary alicyclic amines) is 1. The first-order valence-electron chi connectivity index (χ1n) is 15.7. The third-order valence-corrected chi connectivity index (χ3v) is 10.3. The standard InChI is InChI=1S/C32H50BrN3O7/c1-8-12-14-24(38)34-17-21(7)42-31(41)25-26-29(39)36(23(18-37)19(5)11-4)28(32(26)16-22(33)27(25)43-32)30(40)35(15-10-3)20(6)13-9-2/h8,10,19-23,25-28,37H,1,3,9,11-18H2,2,4-7H3,(H,34,38)/t19-,20?,21+,22?,23-,25-,26+,27-,28-,32+/m0/s1. The van der Waals surface area contributed by atoms with Gasteiger partial charge in [0.1, 0.15) is 17.7 Å². The van der Waals surface area contributed by atoms with Gasteiger partial charge in [-0.3, -0.25) is 19.2 Å². The van der Waals surface area contributed by atoms with Crippen molar-refractivity contribution >= 4 is 39.6 Å². The Hall–Kier alpha value is -2.24. The maximum atomic E-state index is 14.6. The third-order valence-electron chi connectivity index (χ3n) is 9.41. The van der Waals surface area contributed by atoms with E-state index in [0.717, 1.165) is 12.8 Å². The van der Waals surface area contributed by atoms with Crippen molar-refractivity contribution in [2.24, 2.45) is 17.8 Å². The van der Waals surface area contributed by atoms with Crippen LogP contribution in [0.25, 0.3) is 0 Å². The number of esters is 1. The normalized spacial score (nSPS) is 30.3. The maximum Gasteiger partial charge on any atom is 0.312 e. The number of alkyl halides is 1. The molecule has 10 nitrogen and oxygen atoms in total. The monoisotopic (exact) mass is 667 g/mol. The summed E-state index contributed by atoms with van der Waals surface area (Å²) in [7, 11) is 0. The van der Waals surface area contributed by atoms with Crippen LogP contribution in [0.2, 0.25) is 0 Å². The highest BCUT2D eigenvalue weighted by Gasteiger charge is 2.77. The molecule has 3 aliphatic rings. The summed E-state index contributed by atoms with van der Waals surface area (Å²) in [6.07, 6.45) is 5.56. The lowest BCUT2D eigenvalue weighted by Gasteiger charge is -2.42. The number of aliphatic hydroxyl groups excluding tert-OH is 1. The van der Waals surface area contributed by atoms with Crippen LogP contribution < -0.4 is 5.32 Å². The van der Waals surface area contributed by atoms with Crippen molar-refractivity contribution in [3.63, 3.8) is 0 Å². The minimum Gasteiger partial charge on any atom is -0.460 e. The fourth-order valence-corrected chi connectivity index (χ4v) is 7.98. The topological polar surface area (TPSA) is 125 Å². The Morgan fingerprint density at radius 3 is 2.53 bits per heavy atom. The molecule has 0 radical (unpaired) electrons. The Bertz CT molecular complexity index is 1060. The Labute approximate surface area is 264 Å². The van der Waals surface area contributed by atoms with E-state index in [9.17, 15) is 24.3 Å². The molecule has 3 aliphatic heterocycles. The van der Waals surface area contributed by atoms with Crippen LogP contribution in [0.5, 0.6) is 0 Å². The summed E-state index contributed by atoms with van der Waals surface area (Å²) in [5.41, 5.74) is -1.26. The number of allylic oxidation sites excluding steroid dienone is 1. The molecule has 1 spiro atoms. The van der Waals surface area contributed by atoms with E-state index in [1.54, 1.807) is 24.0 Å². The lowest BCUT2D eigenvalue weighted by molar-refractivity contribution is -0.160. The van der Waals surface area contributed by atoms with Gasteiger partial charge in [0.05, 0.1) is 37.1 Å². The summed E-state index contributed by atoms with van der Waals surface area (Å²) in [4.78, 5) is 57.8. The number of hydrogen-bond acceptors (Lipinski definition) is 7. The number of fused-ring (bicyclic) bond motifs is 1. The lowest BCUT2D eigenvalue weighted by atomic mass is 9.70. The third kappa shape index (κ3) is 6.88. The second kappa shape index (κ2) is 15.2. The highest BCUT2D eigenvalue weighted by molar-refractivity contribution is 9.09. The number of halogens is 1. The van der Waals surface area contributed by atoms with Gasteiger partial charge in [0.25, 0.3) is 0 Å². The van der Waals surface area contributed by atoms with Crippen LogP contribution in [-0.2, 0) is 28.7 Å². The van der Waals surface area contributed by atoms with Gasteiger partial charge in [0.2, 0.25) is 17.7 Å². The molecule has 2 bridgehead atoms. The molecule has 3 rings (SSSR count). The van der Waals surface area contributed by atoms with E-state index >= 15 is 0 Å². The van der Waals surface area contributed by atoms with Gasteiger partial charge in [-0.2, -0.15) is 0 Å². The summed E-state index contributed by atoms with van der Waals surface area (Å²) in [5.74, 6) is -3.38. The number of ether oxygens (including phenoxy) is 2. The molecule has 3 heterocycles. The second-order valence-electron chi connectivity index (χ2n) is 12.3. The zero-order valence-electron chi connectivity index (χ0n) is 26.3. The molecule has 2 N–H and O–H groups in total. The number of rotatable bonds is 17. The van der Waals surface area contributed by atoms with E-state index in [2.05, 4.69) is 41.3 Å². The fourth-order valence-electron chi connectivity index (χ4n) is 7.04. The number of aliphatic hydroxyl groups is 1. The Morgan fingerprint density at radius 1 is 1.26 bits per heavy atom. The second-order valence-corrected chi connectivity index (χ2v) is 13.5. The van der Waals surface area contributed by atoms with Crippen LogP contribution in [0.15, 0.2) is 25.3 Å². The molecule has 10 atom stereocenters. The van der Waals surface area contributed by atoms with Crippen LogP contribution in [0.1, 0.15) is 73.1 Å². The number of nitrogens with one attached hydrogen (secondary N) is 1. The molecule has 3 amide bonds. The van der Waals surface area contributed by atoms with Crippen molar-refractivity contribution in [1.82, 2.24) is 15.1 Å². The highest BCUT2D eigenvalue weighted by atomic mass is 79.9. The molecule has 2 unspecified atom stereocenters. The smallest absolute Gasteiger partial charge is 0.312 e. The molecule has 0 aromatic heterocycles. The van der Waals surface area contributed by atoms with Crippen LogP contribution >= 0.6 is 15.9 Å². The van der Waals surface area contributed by atoms with Gasteiger partial charge in [-0.25, -0.2) is 0 Å². The molecular weight excluding hydrogens is 618 g/mol. The van der Waals surface area contributed by atoms with Gasteiger partial charge in [0.15, 0.2) is 0 Å². The average Bonchev–Trinajstić information content (AvgIpc) is 3.57. The first kappa shape index (κ1) is 35.2. The first-order valence-corrected chi connectivity index (χ1v) is 16.6. The molecule has 3 fully saturated rings. The van der Waals surface area contributed by atoms with Gasteiger partial charge in [0, 0.05) is 23.8 Å². The predicted molar refractivity (Wildman–Crippen MR) is 167 cm³/mol. The van der Waals surface area contributed by atoms with Crippen LogP contribution in [0.3, 0.4) is 0 Å². The zero-order chi connectivity index (χ0) is 32.1. The lowest BCUT2D eigenvalue weighted by Crippen LogP contribution is -2.61. The summed E-state index contributed by atoms with van der Waals surface area (Å²) >= 11 is 3.69. The van der Waals surface area contributed by atoms with Crippen molar-refractivity contribution in [2.75, 3.05) is 19.7 Å². The predicted octanol–water partition coefficient (Wildman–Crippen LogP) is 3.36. The number of carbonyl (C=O) groups is 4. The molecule has 3 saturated heterocycles. The van der Waals surface area contributed by atoms with Crippen LogP contribution in [0.4, 0.5) is 0 Å². The number of hydrogen-bond donors (Lipinski definition) is 2. The zero-order valence-corrected chi connectivity index (χ0v) is 27.9. The molecule has 0 aromatic rings. The molecule has 11 heteroatoms. The van der Waals surface area contributed by atoms with E-state index < -0.39 is 47.7 Å². The van der Waals surface area contributed by atoms with Crippen molar-refractivity contribution in [3.8, 4) is 0 Å². The SMILES string of the molecule is C=CCCC(=O)NC[C@@H](C)OC(=O)[C@@H]1[C@H]2O[C@@]3(CC2Br)[C@H](C(=O)N(CC=C)C(C)CCC)N([C@@H](CO)[C@@H](C)CC)C(=O)[C@@H]13. The van der Waals surface area contributed by atoms with Crippen LogP contribution in [0, 0.1) is 17.8 Å². The summed E-state index contributed by atoms with van der Waals surface area (Å²) in [6, 6.07) is -1.75. The molecule has 0 aromatic carbocycles. The van der Waals surface area contributed by atoms with Gasteiger partial charge in [-0.05, 0) is 39.0 Å². The van der Waals surface area contributed by atoms with E-state index in [1.165, 1.54) is 4.90 Å². The number of carbonyl (C=O) groups excluding carboxylic acids is 4. The maximum absolute atomic E-state index is 14.6. The Kier molecular flexibility index (Phi) is 12.4. The average molecular weight is 669 g/mol. The Morgan fingerprint density at radius 2 is 1.95 bits per heavy atom. The van der Waals surface area contributed by atoms with Gasteiger partial charge >= 0.3 is 5.97 Å². The van der Waals surface area contributed by atoms with Crippen molar-refractivity contribution in [1.29, 1.82) is 0 Å². The first-order chi connectivity index (χ1) is 20.4. The van der Waals surface area contributed by atoms with Crippen molar-refractivity contribution in [3.05, 3.63) is 25.3 Å². The van der Waals surface area contributed by atoms with E-state index in [1.807, 2.05) is 20.8 Å².